The number of hydrazine groups is 1. The van der Waals surface area contributed by atoms with Crippen LogP contribution in [0.15, 0.2) is 22.7 Å². The molecule has 0 spiro atoms. The summed E-state index contributed by atoms with van der Waals surface area (Å²) in [5, 5.41) is 2.53. The summed E-state index contributed by atoms with van der Waals surface area (Å²) >= 11 is 8.34. The van der Waals surface area contributed by atoms with Crippen LogP contribution < -0.4 is 20.9 Å². The van der Waals surface area contributed by atoms with E-state index in [1.54, 1.807) is 18.2 Å². The SMILES string of the molecule is CCCC(=O)NNC(=S)NC(=O)c1cc(Br)ccc1OCC(C)C. The number of carbonyl (C=O) groups is 2. The standard InChI is InChI=1S/C16H22BrN3O3S/c1-4-5-14(21)19-20-16(24)18-15(22)12-8-11(17)6-7-13(12)23-9-10(2)3/h6-8,10H,4-5,9H2,1-3H3,(H,19,21)(H2,18,20,22,24). The number of rotatable bonds is 6. The number of amides is 2. The molecule has 0 unspecified atom stereocenters. The number of carbonyl (C=O) groups excluding carboxylic acids is 2. The van der Waals surface area contributed by atoms with Crippen molar-refractivity contribution >= 4 is 45.1 Å². The van der Waals surface area contributed by atoms with Crippen molar-refractivity contribution in [2.75, 3.05) is 6.61 Å². The van der Waals surface area contributed by atoms with Gasteiger partial charge in [-0.15, -0.1) is 0 Å². The van der Waals surface area contributed by atoms with Gasteiger partial charge in [0.25, 0.3) is 5.91 Å². The maximum Gasteiger partial charge on any atom is 0.261 e. The normalized spacial score (nSPS) is 10.2. The highest BCUT2D eigenvalue weighted by Gasteiger charge is 2.15. The molecule has 0 saturated carbocycles. The van der Waals surface area contributed by atoms with Crippen LogP contribution in [-0.4, -0.2) is 23.5 Å². The van der Waals surface area contributed by atoms with Gasteiger partial charge >= 0.3 is 0 Å². The molecule has 132 valence electrons. The molecule has 0 aliphatic rings. The van der Waals surface area contributed by atoms with Gasteiger partial charge in [-0.3, -0.25) is 25.8 Å². The van der Waals surface area contributed by atoms with Crippen LogP contribution in [0.3, 0.4) is 0 Å². The van der Waals surface area contributed by atoms with E-state index in [0.717, 1.165) is 10.9 Å². The molecular formula is C16H22BrN3O3S. The second kappa shape index (κ2) is 10.2. The first-order valence-electron chi connectivity index (χ1n) is 7.66. The summed E-state index contributed by atoms with van der Waals surface area (Å²) in [5.74, 6) is 0.193. The van der Waals surface area contributed by atoms with Gasteiger partial charge in [0.2, 0.25) is 5.91 Å². The second-order valence-corrected chi connectivity index (χ2v) is 6.88. The summed E-state index contributed by atoms with van der Waals surface area (Å²) in [6.45, 7) is 6.44. The van der Waals surface area contributed by atoms with Crippen LogP contribution >= 0.6 is 28.1 Å². The average molecular weight is 416 g/mol. The molecule has 0 bridgehead atoms. The van der Waals surface area contributed by atoms with E-state index in [9.17, 15) is 9.59 Å². The van der Waals surface area contributed by atoms with Crippen molar-refractivity contribution in [1.29, 1.82) is 0 Å². The molecule has 0 aromatic heterocycles. The van der Waals surface area contributed by atoms with Crippen molar-refractivity contribution in [3.8, 4) is 5.75 Å². The van der Waals surface area contributed by atoms with Crippen LogP contribution in [0.25, 0.3) is 0 Å². The van der Waals surface area contributed by atoms with E-state index in [2.05, 4.69) is 32.1 Å². The zero-order valence-corrected chi connectivity index (χ0v) is 16.3. The number of nitrogens with one attached hydrogen (secondary N) is 3. The Morgan fingerprint density at radius 3 is 2.62 bits per heavy atom. The van der Waals surface area contributed by atoms with Crippen molar-refractivity contribution in [3.05, 3.63) is 28.2 Å². The fourth-order valence-corrected chi connectivity index (χ4v) is 2.18. The molecule has 0 radical (unpaired) electrons. The van der Waals surface area contributed by atoms with Crippen molar-refractivity contribution in [2.45, 2.75) is 33.6 Å². The Bertz CT molecular complexity index is 608. The van der Waals surface area contributed by atoms with Crippen molar-refractivity contribution < 1.29 is 14.3 Å². The number of thiocarbonyl (C=S) groups is 1. The van der Waals surface area contributed by atoms with E-state index in [1.807, 2.05) is 20.8 Å². The van der Waals surface area contributed by atoms with Gasteiger partial charge in [0, 0.05) is 10.9 Å². The van der Waals surface area contributed by atoms with Crippen LogP contribution in [0.1, 0.15) is 44.0 Å². The predicted molar refractivity (Wildman–Crippen MR) is 101 cm³/mol. The number of halogens is 1. The van der Waals surface area contributed by atoms with E-state index in [4.69, 9.17) is 17.0 Å². The highest BCUT2D eigenvalue weighted by atomic mass is 79.9. The quantitative estimate of drug-likeness (QED) is 0.491. The third-order valence-corrected chi connectivity index (χ3v) is 3.48. The van der Waals surface area contributed by atoms with E-state index < -0.39 is 5.91 Å². The van der Waals surface area contributed by atoms with E-state index >= 15 is 0 Å². The van der Waals surface area contributed by atoms with Gasteiger partial charge in [-0.25, -0.2) is 0 Å². The molecule has 1 aromatic rings. The molecule has 1 rings (SSSR count). The zero-order valence-electron chi connectivity index (χ0n) is 13.9. The molecule has 0 atom stereocenters. The van der Waals surface area contributed by atoms with E-state index in [0.29, 0.717) is 30.3 Å². The molecule has 0 aliphatic carbocycles. The molecule has 2 amide bonds. The summed E-state index contributed by atoms with van der Waals surface area (Å²) in [6, 6.07) is 5.18. The van der Waals surface area contributed by atoms with Gasteiger partial charge in [-0.2, -0.15) is 0 Å². The minimum atomic E-state index is -0.419. The first-order chi connectivity index (χ1) is 11.3. The largest absolute Gasteiger partial charge is 0.492 e. The van der Waals surface area contributed by atoms with Crippen molar-refractivity contribution in [2.24, 2.45) is 5.92 Å². The molecule has 0 saturated heterocycles. The molecule has 0 heterocycles. The van der Waals surface area contributed by atoms with E-state index in [1.165, 1.54) is 0 Å². The minimum Gasteiger partial charge on any atom is -0.492 e. The fraction of sp³-hybridized carbons (Fsp3) is 0.438. The van der Waals surface area contributed by atoms with Crippen LogP contribution in [0.5, 0.6) is 5.75 Å². The van der Waals surface area contributed by atoms with Crippen LogP contribution in [0.2, 0.25) is 0 Å². The Morgan fingerprint density at radius 2 is 2.00 bits per heavy atom. The summed E-state index contributed by atoms with van der Waals surface area (Å²) in [5.41, 5.74) is 5.28. The van der Waals surface area contributed by atoms with Gasteiger partial charge in [0.1, 0.15) is 5.75 Å². The smallest absolute Gasteiger partial charge is 0.261 e. The zero-order chi connectivity index (χ0) is 18.1. The average Bonchev–Trinajstić information content (AvgIpc) is 2.51. The van der Waals surface area contributed by atoms with Crippen LogP contribution in [0, 0.1) is 5.92 Å². The molecule has 0 fully saturated rings. The highest BCUT2D eigenvalue weighted by Crippen LogP contribution is 2.23. The second-order valence-electron chi connectivity index (χ2n) is 5.55. The number of ether oxygens (including phenoxy) is 1. The Hall–Kier alpha value is -1.67. The lowest BCUT2D eigenvalue weighted by molar-refractivity contribution is -0.121. The predicted octanol–water partition coefficient (Wildman–Crippen LogP) is 2.92. The lowest BCUT2D eigenvalue weighted by Gasteiger charge is -2.14. The van der Waals surface area contributed by atoms with Gasteiger partial charge in [0.15, 0.2) is 5.11 Å². The van der Waals surface area contributed by atoms with Gasteiger partial charge in [0.05, 0.1) is 12.2 Å². The third-order valence-electron chi connectivity index (χ3n) is 2.78. The molecule has 8 heteroatoms. The molecule has 24 heavy (non-hydrogen) atoms. The summed E-state index contributed by atoms with van der Waals surface area (Å²) in [6.07, 6.45) is 1.10. The highest BCUT2D eigenvalue weighted by molar-refractivity contribution is 9.10. The Morgan fingerprint density at radius 1 is 1.29 bits per heavy atom. The number of hydrogen-bond donors (Lipinski definition) is 3. The molecule has 3 N–H and O–H groups in total. The summed E-state index contributed by atoms with van der Waals surface area (Å²) in [7, 11) is 0. The summed E-state index contributed by atoms with van der Waals surface area (Å²) in [4.78, 5) is 23.8. The van der Waals surface area contributed by atoms with Gasteiger partial charge in [-0.1, -0.05) is 36.7 Å². The van der Waals surface area contributed by atoms with Gasteiger partial charge in [-0.05, 0) is 42.8 Å². The maximum atomic E-state index is 12.4. The lowest BCUT2D eigenvalue weighted by Crippen LogP contribution is -2.48. The first-order valence-corrected chi connectivity index (χ1v) is 8.86. The molecule has 1 aromatic carbocycles. The van der Waals surface area contributed by atoms with Crippen LogP contribution in [-0.2, 0) is 4.79 Å². The fourth-order valence-electron chi connectivity index (χ4n) is 1.68. The van der Waals surface area contributed by atoms with E-state index in [-0.39, 0.29) is 11.0 Å². The minimum absolute atomic E-state index is 0.0132. The van der Waals surface area contributed by atoms with Gasteiger partial charge < -0.3 is 4.74 Å². The molecule has 0 aliphatic heterocycles. The monoisotopic (exact) mass is 415 g/mol. The third kappa shape index (κ3) is 7.27. The maximum absolute atomic E-state index is 12.4. The summed E-state index contributed by atoms with van der Waals surface area (Å²) < 4.78 is 6.42. The Kier molecular flexibility index (Phi) is 8.70. The van der Waals surface area contributed by atoms with Crippen molar-refractivity contribution in [3.63, 3.8) is 0 Å². The molecule has 6 nitrogen and oxygen atoms in total. The Labute approximate surface area is 155 Å². The lowest BCUT2D eigenvalue weighted by atomic mass is 10.2. The molecular weight excluding hydrogens is 394 g/mol. The van der Waals surface area contributed by atoms with Crippen molar-refractivity contribution in [1.82, 2.24) is 16.2 Å². The number of benzene rings is 1. The number of hydrogen-bond acceptors (Lipinski definition) is 4. The first kappa shape index (κ1) is 20.4. The Balaban J connectivity index is 2.70. The van der Waals surface area contributed by atoms with Crippen LogP contribution in [0.4, 0.5) is 0 Å². The topological polar surface area (TPSA) is 79.5 Å².